The zero-order valence-electron chi connectivity index (χ0n) is 16.3. The lowest BCUT2D eigenvalue weighted by Gasteiger charge is -2.12. The van der Waals surface area contributed by atoms with E-state index in [2.05, 4.69) is 44.6 Å². The van der Waals surface area contributed by atoms with Crippen LogP contribution in [0.4, 0.5) is 5.69 Å². The number of ether oxygens (including phenoxy) is 1. The number of benzene rings is 2. The Hall–Kier alpha value is -3.35. The first-order valence-electron chi connectivity index (χ1n) is 9.05. The minimum Gasteiger partial charge on any atom is -0.497 e. The van der Waals surface area contributed by atoms with Gasteiger partial charge in [0, 0.05) is 31.9 Å². The lowest BCUT2D eigenvalue weighted by molar-refractivity contribution is -0.120. The molecule has 1 N–H and O–H groups in total. The Morgan fingerprint density at radius 1 is 1.11 bits per heavy atom. The fourth-order valence-corrected chi connectivity index (χ4v) is 2.69. The number of rotatable bonds is 8. The van der Waals surface area contributed by atoms with E-state index in [4.69, 9.17) is 9.26 Å². The van der Waals surface area contributed by atoms with Crippen LogP contribution in [0.5, 0.6) is 5.75 Å². The maximum absolute atomic E-state index is 12.1. The largest absolute Gasteiger partial charge is 0.497 e. The number of anilines is 1. The molecule has 0 fully saturated rings. The van der Waals surface area contributed by atoms with Gasteiger partial charge in [-0.05, 0) is 48.4 Å². The molecule has 3 aromatic rings. The molecule has 0 saturated carbocycles. The highest BCUT2D eigenvalue weighted by atomic mass is 16.5. The second-order valence-electron chi connectivity index (χ2n) is 6.58. The summed E-state index contributed by atoms with van der Waals surface area (Å²) in [5, 5.41) is 6.82. The molecular weight excluding hydrogens is 356 g/mol. The third kappa shape index (κ3) is 5.09. The smallest absolute Gasteiger partial charge is 0.236 e. The second-order valence-corrected chi connectivity index (χ2v) is 6.58. The molecule has 1 aromatic heterocycles. The van der Waals surface area contributed by atoms with E-state index in [-0.39, 0.29) is 12.3 Å². The van der Waals surface area contributed by atoms with E-state index in [1.165, 1.54) is 5.56 Å². The summed E-state index contributed by atoms with van der Waals surface area (Å²) in [6, 6.07) is 15.6. The lowest BCUT2D eigenvalue weighted by atomic mass is 10.1. The van der Waals surface area contributed by atoms with Crippen LogP contribution in [0.3, 0.4) is 0 Å². The van der Waals surface area contributed by atoms with Crippen molar-refractivity contribution >= 4 is 11.6 Å². The summed E-state index contributed by atoms with van der Waals surface area (Å²) in [7, 11) is 5.62. The number of aromatic nitrogens is 2. The Morgan fingerprint density at radius 3 is 2.46 bits per heavy atom. The van der Waals surface area contributed by atoms with Crippen LogP contribution in [0.25, 0.3) is 11.4 Å². The Labute approximate surface area is 164 Å². The van der Waals surface area contributed by atoms with Gasteiger partial charge in [0.15, 0.2) is 0 Å². The number of hydrogen-bond acceptors (Lipinski definition) is 6. The van der Waals surface area contributed by atoms with Crippen LogP contribution in [0.2, 0.25) is 0 Å². The van der Waals surface area contributed by atoms with Crippen LogP contribution in [0.15, 0.2) is 53.1 Å². The molecule has 28 heavy (non-hydrogen) atoms. The van der Waals surface area contributed by atoms with E-state index in [0.29, 0.717) is 18.3 Å². The molecule has 0 saturated heterocycles. The molecule has 0 radical (unpaired) electrons. The van der Waals surface area contributed by atoms with E-state index in [1.54, 1.807) is 7.11 Å². The fourth-order valence-electron chi connectivity index (χ4n) is 2.69. The number of carbonyl (C=O) groups excluding carboxylic acids is 1. The highest BCUT2D eigenvalue weighted by Gasteiger charge is 2.12. The van der Waals surface area contributed by atoms with E-state index in [9.17, 15) is 4.79 Å². The molecule has 0 aliphatic rings. The summed E-state index contributed by atoms with van der Waals surface area (Å²) in [5.41, 5.74) is 3.12. The van der Waals surface area contributed by atoms with Gasteiger partial charge in [-0.15, -0.1) is 0 Å². The van der Waals surface area contributed by atoms with Crippen LogP contribution in [0.1, 0.15) is 11.5 Å². The van der Waals surface area contributed by atoms with Crippen LogP contribution >= 0.6 is 0 Å². The average molecular weight is 380 g/mol. The molecule has 7 heteroatoms. The Morgan fingerprint density at radius 2 is 1.82 bits per heavy atom. The molecule has 2 aromatic carbocycles. The van der Waals surface area contributed by atoms with Gasteiger partial charge in [0.25, 0.3) is 0 Å². The van der Waals surface area contributed by atoms with Crippen molar-refractivity contribution in [3.8, 4) is 17.1 Å². The van der Waals surface area contributed by atoms with Crippen molar-refractivity contribution in [2.24, 2.45) is 0 Å². The van der Waals surface area contributed by atoms with Crippen molar-refractivity contribution in [3.63, 3.8) is 0 Å². The summed E-state index contributed by atoms with van der Waals surface area (Å²) in [4.78, 5) is 18.4. The molecule has 0 bridgehead atoms. The quantitative estimate of drug-likeness (QED) is 0.647. The number of nitrogens with one attached hydrogen (secondary N) is 1. The molecule has 0 unspecified atom stereocenters. The van der Waals surface area contributed by atoms with E-state index in [1.807, 2.05) is 38.4 Å². The van der Waals surface area contributed by atoms with Gasteiger partial charge in [0.05, 0.1) is 7.11 Å². The van der Waals surface area contributed by atoms with Gasteiger partial charge in [-0.2, -0.15) is 4.98 Å². The van der Waals surface area contributed by atoms with Gasteiger partial charge in [-0.1, -0.05) is 17.3 Å². The molecule has 1 heterocycles. The third-order valence-electron chi connectivity index (χ3n) is 4.32. The SMILES string of the molecule is COc1ccc(-c2noc(CC(=O)NCCc3ccc(N(C)C)cc3)n2)cc1. The Bertz CT molecular complexity index is 902. The first kappa shape index (κ1) is 19.4. The standard InChI is InChI=1S/C21H24N4O3/c1-25(2)17-8-4-15(5-9-17)12-13-22-19(26)14-20-23-21(24-28-20)16-6-10-18(27-3)11-7-16/h4-11H,12-14H2,1-3H3,(H,22,26). The van der Waals surface area contributed by atoms with Crippen molar-refractivity contribution in [1.29, 1.82) is 0 Å². The predicted octanol–water partition coefficient (Wildman–Crippen LogP) is 2.71. The van der Waals surface area contributed by atoms with Gasteiger partial charge in [0.1, 0.15) is 12.2 Å². The third-order valence-corrected chi connectivity index (χ3v) is 4.32. The molecule has 0 atom stereocenters. The predicted molar refractivity (Wildman–Crippen MR) is 107 cm³/mol. The van der Waals surface area contributed by atoms with Gasteiger partial charge in [-0.3, -0.25) is 4.79 Å². The summed E-state index contributed by atoms with van der Waals surface area (Å²) in [5.74, 6) is 1.35. The van der Waals surface area contributed by atoms with Crippen molar-refractivity contribution in [1.82, 2.24) is 15.5 Å². The van der Waals surface area contributed by atoms with Gasteiger partial charge < -0.3 is 19.5 Å². The lowest BCUT2D eigenvalue weighted by Crippen LogP contribution is -2.27. The molecule has 0 aliphatic carbocycles. The second kappa shape index (κ2) is 9.03. The number of amides is 1. The van der Waals surface area contributed by atoms with E-state index < -0.39 is 0 Å². The molecule has 0 aliphatic heterocycles. The Kier molecular flexibility index (Phi) is 6.26. The number of nitrogens with zero attached hydrogens (tertiary/aromatic N) is 3. The monoisotopic (exact) mass is 380 g/mol. The minimum atomic E-state index is -0.144. The maximum Gasteiger partial charge on any atom is 0.236 e. The van der Waals surface area contributed by atoms with Crippen molar-refractivity contribution in [2.45, 2.75) is 12.8 Å². The number of methoxy groups -OCH3 is 1. The summed E-state index contributed by atoms with van der Waals surface area (Å²) < 4.78 is 10.3. The van der Waals surface area contributed by atoms with Crippen LogP contribution < -0.4 is 15.0 Å². The summed E-state index contributed by atoms with van der Waals surface area (Å²) >= 11 is 0. The first-order chi connectivity index (χ1) is 13.5. The molecule has 146 valence electrons. The highest BCUT2D eigenvalue weighted by molar-refractivity contribution is 5.77. The molecule has 7 nitrogen and oxygen atoms in total. The van der Waals surface area contributed by atoms with Crippen molar-refractivity contribution in [2.75, 3.05) is 32.6 Å². The van der Waals surface area contributed by atoms with E-state index in [0.717, 1.165) is 23.4 Å². The topological polar surface area (TPSA) is 80.5 Å². The van der Waals surface area contributed by atoms with Crippen molar-refractivity contribution in [3.05, 3.63) is 60.0 Å². The molecule has 0 spiro atoms. The first-order valence-corrected chi connectivity index (χ1v) is 9.05. The Balaban J connectivity index is 1.47. The maximum atomic E-state index is 12.1. The van der Waals surface area contributed by atoms with Gasteiger partial charge in [0.2, 0.25) is 17.6 Å². The van der Waals surface area contributed by atoms with Gasteiger partial charge >= 0.3 is 0 Å². The molecular formula is C21H24N4O3. The zero-order valence-corrected chi connectivity index (χ0v) is 16.3. The molecule has 1 amide bonds. The van der Waals surface area contributed by atoms with Gasteiger partial charge in [-0.25, -0.2) is 0 Å². The minimum absolute atomic E-state index is 0.0583. The summed E-state index contributed by atoms with van der Waals surface area (Å²) in [6.45, 7) is 0.555. The number of hydrogen-bond donors (Lipinski definition) is 1. The van der Waals surface area contributed by atoms with Crippen LogP contribution in [-0.2, 0) is 17.6 Å². The number of carbonyl (C=O) groups is 1. The zero-order chi connectivity index (χ0) is 19.9. The van der Waals surface area contributed by atoms with Crippen LogP contribution in [-0.4, -0.2) is 43.8 Å². The normalized spacial score (nSPS) is 10.5. The van der Waals surface area contributed by atoms with Crippen molar-refractivity contribution < 1.29 is 14.1 Å². The average Bonchev–Trinajstić information content (AvgIpc) is 3.17. The van der Waals surface area contributed by atoms with E-state index >= 15 is 0 Å². The molecule has 3 rings (SSSR count). The highest BCUT2D eigenvalue weighted by Crippen LogP contribution is 2.19. The fraction of sp³-hybridized carbons (Fsp3) is 0.286. The van der Waals surface area contributed by atoms with Crippen LogP contribution in [0, 0.1) is 0 Å². The summed E-state index contributed by atoms with van der Waals surface area (Å²) in [6.07, 6.45) is 0.823.